The Kier molecular flexibility index (Phi) is 5.10. The third kappa shape index (κ3) is 3.90. The van der Waals surface area contributed by atoms with E-state index >= 15 is 0 Å². The van der Waals surface area contributed by atoms with Gasteiger partial charge in [-0.3, -0.25) is 4.99 Å². The second-order valence-electron chi connectivity index (χ2n) is 10.2. The Morgan fingerprint density at radius 2 is 1.97 bits per heavy atom. The van der Waals surface area contributed by atoms with Crippen LogP contribution >= 0.6 is 0 Å². The number of nitrogens with zero attached hydrogens (tertiary/aromatic N) is 4. The average molecular weight is 472 g/mol. The molecule has 1 saturated carbocycles. The second-order valence-corrected chi connectivity index (χ2v) is 10.2. The van der Waals surface area contributed by atoms with E-state index in [9.17, 15) is 0 Å². The van der Waals surface area contributed by atoms with Gasteiger partial charge in [0, 0.05) is 37.2 Å². The maximum absolute atomic E-state index is 6.31. The van der Waals surface area contributed by atoms with E-state index in [1.807, 2.05) is 23.0 Å². The van der Waals surface area contributed by atoms with Crippen LogP contribution in [0.1, 0.15) is 31.2 Å². The normalized spacial score (nSPS) is 21.4. The molecule has 1 aliphatic carbocycles. The van der Waals surface area contributed by atoms with Crippen molar-refractivity contribution in [2.24, 2.45) is 10.4 Å². The van der Waals surface area contributed by atoms with Crippen LogP contribution in [-0.4, -0.2) is 59.4 Å². The zero-order chi connectivity index (χ0) is 23.2. The largest absolute Gasteiger partial charge is 0.468 e. The molecular weight excluding hydrogens is 442 g/mol. The minimum absolute atomic E-state index is 0.0185. The molecule has 0 bridgehead atoms. The minimum Gasteiger partial charge on any atom is -0.468 e. The number of benzene rings is 1. The number of aliphatic imine (C=N–C) groups is 1. The highest BCUT2D eigenvalue weighted by Crippen LogP contribution is 2.49. The third-order valence-electron chi connectivity index (χ3n) is 7.77. The van der Waals surface area contributed by atoms with E-state index in [4.69, 9.17) is 24.3 Å². The van der Waals surface area contributed by atoms with Crippen LogP contribution in [-0.2, 0) is 15.9 Å². The fraction of sp³-hybridized carbons (Fsp3) is 0.444. The van der Waals surface area contributed by atoms with Gasteiger partial charge in [0.05, 0.1) is 18.9 Å². The molecule has 3 fully saturated rings. The van der Waals surface area contributed by atoms with Crippen molar-refractivity contribution in [1.29, 1.82) is 0 Å². The molecular formula is C27H29N5O3. The summed E-state index contributed by atoms with van der Waals surface area (Å²) in [6.07, 6.45) is 13.4. The molecule has 8 heteroatoms. The lowest BCUT2D eigenvalue weighted by atomic mass is 9.61. The van der Waals surface area contributed by atoms with Crippen LogP contribution < -0.4 is 10.1 Å². The van der Waals surface area contributed by atoms with Gasteiger partial charge in [0.1, 0.15) is 11.6 Å². The smallest absolute Gasteiger partial charge is 0.244 e. The van der Waals surface area contributed by atoms with Crippen LogP contribution in [0, 0.1) is 5.41 Å². The molecule has 1 N–H and O–H groups in total. The number of hydrogen-bond donors (Lipinski definition) is 1. The molecule has 3 aliphatic heterocycles. The summed E-state index contributed by atoms with van der Waals surface area (Å²) in [6.45, 7) is 2.94. The Labute approximate surface area is 204 Å². The summed E-state index contributed by atoms with van der Waals surface area (Å²) in [5.41, 5.74) is 5.69. The first kappa shape index (κ1) is 21.1. The monoisotopic (exact) mass is 471 g/mol. The zero-order valence-corrected chi connectivity index (χ0v) is 19.7. The number of allylic oxidation sites excluding steroid dienone is 2. The summed E-state index contributed by atoms with van der Waals surface area (Å²) in [5.74, 6) is 1.21. The summed E-state index contributed by atoms with van der Waals surface area (Å²) in [7, 11) is 0. The first-order chi connectivity index (χ1) is 17.2. The standard InChI is InChI=1S/C27H29N5O3/c1-2-9-28-23-5-4-18(13-19(23)3-1)22-6-10-32-24(22)25(35-21-16-34-17-21)30-26(31-32)29-20-14-27(15-20)7-11-33-12-8-27/h1-2,4-6,9-10,13,20-21H,3,7-8,11-12,14-17H2,(H,29,31). The Bertz CT molecular complexity index is 1310. The molecule has 4 aliphatic rings. The molecule has 2 saturated heterocycles. The maximum Gasteiger partial charge on any atom is 0.244 e. The molecule has 0 radical (unpaired) electrons. The van der Waals surface area contributed by atoms with Gasteiger partial charge in [-0.1, -0.05) is 12.1 Å². The quantitative estimate of drug-likeness (QED) is 0.596. The molecule has 2 aromatic heterocycles. The van der Waals surface area contributed by atoms with Gasteiger partial charge in [-0.15, -0.1) is 5.10 Å². The molecule has 1 aromatic carbocycles. The van der Waals surface area contributed by atoms with Gasteiger partial charge >= 0.3 is 0 Å². The summed E-state index contributed by atoms with van der Waals surface area (Å²) in [6, 6.07) is 8.88. The molecule has 0 atom stereocenters. The van der Waals surface area contributed by atoms with Gasteiger partial charge < -0.3 is 19.5 Å². The highest BCUT2D eigenvalue weighted by atomic mass is 16.6. The summed E-state index contributed by atoms with van der Waals surface area (Å²) >= 11 is 0. The fourth-order valence-electron chi connectivity index (χ4n) is 5.71. The number of fused-ring (bicyclic) bond motifs is 2. The van der Waals surface area contributed by atoms with Gasteiger partial charge in [0.25, 0.3) is 0 Å². The van der Waals surface area contributed by atoms with Crippen LogP contribution in [0.25, 0.3) is 16.6 Å². The Balaban J connectivity index is 1.21. The number of nitrogens with one attached hydrogen (secondary N) is 1. The lowest BCUT2D eigenvalue weighted by Crippen LogP contribution is -2.48. The predicted octanol–water partition coefficient (Wildman–Crippen LogP) is 4.36. The summed E-state index contributed by atoms with van der Waals surface area (Å²) in [4.78, 5) is 9.39. The Morgan fingerprint density at radius 3 is 2.80 bits per heavy atom. The first-order valence-electron chi connectivity index (χ1n) is 12.6. The predicted molar refractivity (Wildman–Crippen MR) is 134 cm³/mol. The molecule has 35 heavy (non-hydrogen) atoms. The van der Waals surface area contributed by atoms with Crippen LogP contribution in [0.5, 0.6) is 5.88 Å². The van der Waals surface area contributed by atoms with Crippen molar-refractivity contribution in [2.45, 2.75) is 44.2 Å². The van der Waals surface area contributed by atoms with Crippen molar-refractivity contribution in [2.75, 3.05) is 31.7 Å². The van der Waals surface area contributed by atoms with Crippen molar-refractivity contribution in [3.8, 4) is 17.0 Å². The SMILES string of the molecule is C1=CCc2cc(-c3ccn4nc(NC5CC6(CCOCC6)C5)nc(OC5COC5)c34)ccc2N=C1. The number of aromatic nitrogens is 3. The van der Waals surface area contributed by atoms with Crippen molar-refractivity contribution >= 4 is 23.4 Å². The van der Waals surface area contributed by atoms with E-state index in [-0.39, 0.29) is 6.10 Å². The number of ether oxygens (including phenoxy) is 3. The highest BCUT2D eigenvalue weighted by molar-refractivity contribution is 5.86. The zero-order valence-electron chi connectivity index (χ0n) is 19.7. The van der Waals surface area contributed by atoms with Gasteiger partial charge in [0.15, 0.2) is 0 Å². The lowest BCUT2D eigenvalue weighted by molar-refractivity contribution is -0.0808. The van der Waals surface area contributed by atoms with Gasteiger partial charge in [-0.25, -0.2) is 4.52 Å². The topological polar surface area (TPSA) is 82.3 Å². The Morgan fingerprint density at radius 1 is 1.09 bits per heavy atom. The fourth-order valence-corrected chi connectivity index (χ4v) is 5.71. The summed E-state index contributed by atoms with van der Waals surface area (Å²) < 4.78 is 19.1. The third-order valence-corrected chi connectivity index (χ3v) is 7.77. The molecule has 180 valence electrons. The number of rotatable bonds is 5. The Hall–Kier alpha value is -3.23. The van der Waals surface area contributed by atoms with E-state index < -0.39 is 0 Å². The number of anilines is 1. The second kappa shape index (κ2) is 8.46. The van der Waals surface area contributed by atoms with Gasteiger partial charge in [-0.2, -0.15) is 4.98 Å². The average Bonchev–Trinajstić information content (AvgIpc) is 3.11. The van der Waals surface area contributed by atoms with Crippen molar-refractivity contribution in [3.05, 3.63) is 48.2 Å². The molecule has 3 aromatic rings. The van der Waals surface area contributed by atoms with Crippen molar-refractivity contribution in [1.82, 2.24) is 14.6 Å². The first-order valence-corrected chi connectivity index (χ1v) is 12.6. The molecule has 8 nitrogen and oxygen atoms in total. The van der Waals surface area contributed by atoms with Crippen LogP contribution in [0.15, 0.2) is 47.6 Å². The molecule has 0 unspecified atom stereocenters. The minimum atomic E-state index is 0.0185. The molecule has 1 spiro atoms. The summed E-state index contributed by atoms with van der Waals surface area (Å²) in [5, 5.41) is 8.38. The van der Waals surface area contributed by atoms with Crippen molar-refractivity contribution in [3.63, 3.8) is 0 Å². The van der Waals surface area contributed by atoms with Gasteiger partial charge in [-0.05, 0) is 72.9 Å². The lowest BCUT2D eigenvalue weighted by Gasteiger charge is -2.50. The van der Waals surface area contributed by atoms with Crippen LogP contribution in [0.2, 0.25) is 0 Å². The van der Waals surface area contributed by atoms with Crippen molar-refractivity contribution < 1.29 is 14.2 Å². The molecule has 7 rings (SSSR count). The molecule has 0 amide bonds. The van der Waals surface area contributed by atoms with Crippen LogP contribution in [0.4, 0.5) is 11.6 Å². The van der Waals surface area contributed by atoms with E-state index in [0.29, 0.717) is 36.5 Å². The van der Waals surface area contributed by atoms with Gasteiger partial charge in [0.2, 0.25) is 11.8 Å². The van der Waals surface area contributed by atoms with E-state index in [1.165, 1.54) is 5.56 Å². The van der Waals surface area contributed by atoms with E-state index in [2.05, 4.69) is 40.7 Å². The highest BCUT2D eigenvalue weighted by Gasteiger charge is 2.45. The molecule has 5 heterocycles. The van der Waals surface area contributed by atoms with E-state index in [0.717, 1.165) is 67.6 Å². The van der Waals surface area contributed by atoms with Crippen LogP contribution in [0.3, 0.4) is 0 Å². The maximum atomic E-state index is 6.31. The number of hydrogen-bond acceptors (Lipinski definition) is 7. The van der Waals surface area contributed by atoms with E-state index in [1.54, 1.807) is 0 Å².